The average Bonchev–Trinajstić information content (AvgIpc) is 2.75. The van der Waals surface area contributed by atoms with Gasteiger partial charge in [0.2, 0.25) is 11.8 Å². The van der Waals surface area contributed by atoms with Gasteiger partial charge in [-0.25, -0.2) is 0 Å². The SMILES string of the molecule is Cc1cccc(NC(=O)CNCC2CCC(=O)N2)c1. The van der Waals surface area contributed by atoms with Crippen LogP contribution in [0.15, 0.2) is 24.3 Å². The summed E-state index contributed by atoms with van der Waals surface area (Å²) < 4.78 is 0. The van der Waals surface area contributed by atoms with Crippen molar-refractivity contribution in [3.8, 4) is 0 Å². The van der Waals surface area contributed by atoms with Crippen molar-refractivity contribution < 1.29 is 9.59 Å². The molecule has 2 rings (SSSR count). The Kier molecular flexibility index (Phi) is 4.52. The van der Waals surface area contributed by atoms with Crippen molar-refractivity contribution in [2.24, 2.45) is 0 Å². The molecule has 0 aromatic heterocycles. The van der Waals surface area contributed by atoms with Crippen LogP contribution in [-0.4, -0.2) is 30.9 Å². The van der Waals surface area contributed by atoms with Crippen LogP contribution < -0.4 is 16.0 Å². The monoisotopic (exact) mass is 261 g/mol. The summed E-state index contributed by atoms with van der Waals surface area (Å²) in [6, 6.07) is 7.83. The minimum Gasteiger partial charge on any atom is -0.352 e. The van der Waals surface area contributed by atoms with E-state index < -0.39 is 0 Å². The van der Waals surface area contributed by atoms with Crippen molar-refractivity contribution >= 4 is 17.5 Å². The molecule has 1 heterocycles. The first-order valence-corrected chi connectivity index (χ1v) is 6.50. The van der Waals surface area contributed by atoms with Crippen molar-refractivity contribution in [1.29, 1.82) is 0 Å². The van der Waals surface area contributed by atoms with Gasteiger partial charge in [0.05, 0.1) is 6.54 Å². The second-order valence-electron chi connectivity index (χ2n) is 4.85. The minimum atomic E-state index is -0.0741. The first-order valence-electron chi connectivity index (χ1n) is 6.50. The van der Waals surface area contributed by atoms with Crippen molar-refractivity contribution in [3.63, 3.8) is 0 Å². The fourth-order valence-electron chi connectivity index (χ4n) is 2.12. The van der Waals surface area contributed by atoms with Gasteiger partial charge < -0.3 is 16.0 Å². The molecule has 1 aliphatic heterocycles. The molecule has 1 aliphatic rings. The zero-order valence-electron chi connectivity index (χ0n) is 11.0. The third kappa shape index (κ3) is 4.37. The lowest BCUT2D eigenvalue weighted by Crippen LogP contribution is -2.38. The number of hydrogen-bond acceptors (Lipinski definition) is 3. The Morgan fingerprint density at radius 2 is 2.32 bits per heavy atom. The Balaban J connectivity index is 1.68. The van der Waals surface area contributed by atoms with Crippen LogP contribution in [0.3, 0.4) is 0 Å². The second-order valence-corrected chi connectivity index (χ2v) is 4.85. The lowest BCUT2D eigenvalue weighted by atomic mass is 10.2. The number of anilines is 1. The van der Waals surface area contributed by atoms with E-state index in [1.54, 1.807) is 0 Å². The van der Waals surface area contributed by atoms with E-state index in [-0.39, 0.29) is 24.4 Å². The molecule has 19 heavy (non-hydrogen) atoms. The van der Waals surface area contributed by atoms with Crippen LogP contribution in [0.1, 0.15) is 18.4 Å². The van der Waals surface area contributed by atoms with Gasteiger partial charge in [0.15, 0.2) is 0 Å². The number of carbonyl (C=O) groups excluding carboxylic acids is 2. The summed E-state index contributed by atoms with van der Waals surface area (Å²) in [7, 11) is 0. The molecule has 2 amide bonds. The molecule has 0 spiro atoms. The van der Waals surface area contributed by atoms with Crippen LogP contribution in [0, 0.1) is 6.92 Å². The fraction of sp³-hybridized carbons (Fsp3) is 0.429. The zero-order valence-corrected chi connectivity index (χ0v) is 11.0. The highest BCUT2D eigenvalue weighted by Crippen LogP contribution is 2.09. The smallest absolute Gasteiger partial charge is 0.238 e. The van der Waals surface area contributed by atoms with Gasteiger partial charge in [0, 0.05) is 24.7 Å². The predicted octanol–water partition coefficient (Wildman–Crippen LogP) is 0.802. The van der Waals surface area contributed by atoms with E-state index in [2.05, 4.69) is 16.0 Å². The van der Waals surface area contributed by atoms with Crippen molar-refractivity contribution in [3.05, 3.63) is 29.8 Å². The normalized spacial score (nSPS) is 18.2. The number of carbonyl (C=O) groups is 2. The summed E-state index contributed by atoms with van der Waals surface area (Å²) in [5.74, 6) is 0.0194. The van der Waals surface area contributed by atoms with Crippen LogP contribution >= 0.6 is 0 Å². The summed E-state index contributed by atoms with van der Waals surface area (Å²) >= 11 is 0. The van der Waals surface area contributed by atoms with Crippen molar-refractivity contribution in [2.75, 3.05) is 18.4 Å². The summed E-state index contributed by atoms with van der Waals surface area (Å²) in [6.07, 6.45) is 1.42. The van der Waals surface area contributed by atoms with Crippen molar-refractivity contribution in [2.45, 2.75) is 25.8 Å². The highest BCUT2D eigenvalue weighted by atomic mass is 16.2. The molecular formula is C14H19N3O2. The van der Waals surface area contributed by atoms with E-state index in [9.17, 15) is 9.59 Å². The third-order valence-corrected chi connectivity index (χ3v) is 3.06. The highest BCUT2D eigenvalue weighted by Gasteiger charge is 2.20. The molecule has 0 radical (unpaired) electrons. The van der Waals surface area contributed by atoms with Gasteiger partial charge in [-0.05, 0) is 31.0 Å². The van der Waals surface area contributed by atoms with Crippen LogP contribution in [0.2, 0.25) is 0 Å². The van der Waals surface area contributed by atoms with E-state index in [1.807, 2.05) is 31.2 Å². The third-order valence-electron chi connectivity index (χ3n) is 3.06. The van der Waals surface area contributed by atoms with E-state index in [4.69, 9.17) is 0 Å². The Morgan fingerprint density at radius 3 is 3.00 bits per heavy atom. The summed E-state index contributed by atoms with van der Waals surface area (Å²) in [6.45, 7) is 2.87. The Hall–Kier alpha value is -1.88. The highest BCUT2D eigenvalue weighted by molar-refractivity contribution is 5.92. The number of benzene rings is 1. The molecule has 0 saturated carbocycles. The summed E-state index contributed by atoms with van der Waals surface area (Å²) in [4.78, 5) is 22.7. The van der Waals surface area contributed by atoms with Gasteiger partial charge in [-0.15, -0.1) is 0 Å². The maximum absolute atomic E-state index is 11.7. The minimum absolute atomic E-state index is 0.0741. The molecular weight excluding hydrogens is 242 g/mol. The quantitative estimate of drug-likeness (QED) is 0.734. The summed E-state index contributed by atoms with van der Waals surface area (Å²) in [5.41, 5.74) is 1.92. The van der Waals surface area contributed by atoms with E-state index in [1.165, 1.54) is 0 Å². The van der Waals surface area contributed by atoms with Gasteiger partial charge in [-0.3, -0.25) is 9.59 Å². The maximum Gasteiger partial charge on any atom is 0.238 e. The van der Waals surface area contributed by atoms with Gasteiger partial charge in [0.25, 0.3) is 0 Å². The molecule has 0 aliphatic carbocycles. The average molecular weight is 261 g/mol. The van der Waals surface area contributed by atoms with Gasteiger partial charge >= 0.3 is 0 Å². The van der Waals surface area contributed by atoms with Crippen molar-refractivity contribution in [1.82, 2.24) is 10.6 Å². The van der Waals surface area contributed by atoms with Gasteiger partial charge in [-0.1, -0.05) is 12.1 Å². The molecule has 102 valence electrons. The number of rotatable bonds is 5. The van der Waals surface area contributed by atoms with E-state index in [0.717, 1.165) is 17.7 Å². The molecule has 1 saturated heterocycles. The second kappa shape index (κ2) is 6.33. The number of amides is 2. The maximum atomic E-state index is 11.7. The van der Waals surface area contributed by atoms with Crippen LogP contribution in [0.4, 0.5) is 5.69 Å². The lowest BCUT2D eigenvalue weighted by Gasteiger charge is -2.11. The van der Waals surface area contributed by atoms with E-state index >= 15 is 0 Å². The predicted molar refractivity (Wildman–Crippen MR) is 73.8 cm³/mol. The molecule has 1 fully saturated rings. The number of nitrogens with one attached hydrogen (secondary N) is 3. The molecule has 1 aromatic carbocycles. The molecule has 1 aromatic rings. The Morgan fingerprint density at radius 1 is 1.47 bits per heavy atom. The fourth-order valence-corrected chi connectivity index (χ4v) is 2.12. The number of aryl methyl sites for hydroxylation is 1. The van der Waals surface area contributed by atoms with Crippen LogP contribution in [-0.2, 0) is 9.59 Å². The standard InChI is InChI=1S/C14H19N3O2/c1-10-3-2-4-11(7-10)16-14(19)9-15-8-12-5-6-13(18)17-12/h2-4,7,12,15H,5-6,8-9H2,1H3,(H,16,19)(H,17,18). The molecule has 1 atom stereocenters. The number of hydrogen-bond donors (Lipinski definition) is 3. The largest absolute Gasteiger partial charge is 0.352 e. The van der Waals surface area contributed by atoms with Gasteiger partial charge in [-0.2, -0.15) is 0 Å². The van der Waals surface area contributed by atoms with Crippen LogP contribution in [0.5, 0.6) is 0 Å². The zero-order chi connectivity index (χ0) is 13.7. The summed E-state index contributed by atoms with van der Waals surface area (Å²) in [5, 5.41) is 8.74. The molecule has 5 nitrogen and oxygen atoms in total. The molecule has 5 heteroatoms. The topological polar surface area (TPSA) is 70.2 Å². The molecule has 1 unspecified atom stereocenters. The lowest BCUT2D eigenvalue weighted by molar-refractivity contribution is -0.119. The Labute approximate surface area is 112 Å². The first kappa shape index (κ1) is 13.5. The first-order chi connectivity index (χ1) is 9.13. The van der Waals surface area contributed by atoms with E-state index in [0.29, 0.717) is 13.0 Å². The molecule has 3 N–H and O–H groups in total. The van der Waals surface area contributed by atoms with Gasteiger partial charge in [0.1, 0.15) is 0 Å². The molecule has 0 bridgehead atoms. The van der Waals surface area contributed by atoms with Crippen LogP contribution in [0.25, 0.3) is 0 Å². The Bertz CT molecular complexity index is 474.